The summed E-state index contributed by atoms with van der Waals surface area (Å²) in [5.74, 6) is -0.330. The van der Waals surface area contributed by atoms with Crippen molar-refractivity contribution in [3.05, 3.63) is 33.3 Å². The van der Waals surface area contributed by atoms with Gasteiger partial charge in [0.2, 0.25) is 0 Å². The highest BCUT2D eigenvalue weighted by Gasteiger charge is 2.26. The first-order valence-electron chi connectivity index (χ1n) is 5.35. The molecule has 1 unspecified atom stereocenters. The number of hydrogen-bond donors (Lipinski definition) is 0. The molecule has 1 heterocycles. The SMILES string of the molecule is O=C(Oc1ccc([N+](=O)[O-])c(Cl)c1)C1CCCO1. The molecule has 7 heteroatoms. The third-order valence-electron chi connectivity index (χ3n) is 2.53. The van der Waals surface area contributed by atoms with Crippen molar-refractivity contribution in [3.8, 4) is 5.75 Å². The maximum atomic E-state index is 11.6. The second-order valence-corrected chi connectivity index (χ2v) is 4.20. The average Bonchev–Trinajstić information content (AvgIpc) is 2.81. The first kappa shape index (κ1) is 12.8. The van der Waals surface area contributed by atoms with Crippen LogP contribution < -0.4 is 4.74 Å². The van der Waals surface area contributed by atoms with E-state index in [4.69, 9.17) is 21.1 Å². The van der Waals surface area contributed by atoms with E-state index in [1.807, 2.05) is 0 Å². The number of nitro groups is 1. The maximum Gasteiger partial charge on any atom is 0.340 e. The van der Waals surface area contributed by atoms with Gasteiger partial charge >= 0.3 is 5.97 Å². The maximum absolute atomic E-state index is 11.6. The molecule has 0 aromatic heterocycles. The van der Waals surface area contributed by atoms with E-state index in [1.165, 1.54) is 18.2 Å². The smallest absolute Gasteiger partial charge is 0.340 e. The van der Waals surface area contributed by atoms with Gasteiger partial charge in [-0.25, -0.2) is 4.79 Å². The van der Waals surface area contributed by atoms with Crippen LogP contribution in [-0.2, 0) is 9.53 Å². The molecule has 6 nitrogen and oxygen atoms in total. The number of rotatable bonds is 3. The van der Waals surface area contributed by atoms with Crippen molar-refractivity contribution in [3.63, 3.8) is 0 Å². The molecule has 1 atom stereocenters. The minimum Gasteiger partial charge on any atom is -0.425 e. The highest BCUT2D eigenvalue weighted by molar-refractivity contribution is 6.32. The minimum absolute atomic E-state index is 0.0716. The van der Waals surface area contributed by atoms with Crippen molar-refractivity contribution in [1.82, 2.24) is 0 Å². The Kier molecular flexibility index (Phi) is 3.78. The molecule has 96 valence electrons. The Hall–Kier alpha value is -1.66. The van der Waals surface area contributed by atoms with Crippen molar-refractivity contribution >= 4 is 23.3 Å². The van der Waals surface area contributed by atoms with Crippen molar-refractivity contribution in [2.75, 3.05) is 6.61 Å². The summed E-state index contributed by atoms with van der Waals surface area (Å²) in [4.78, 5) is 21.6. The quantitative estimate of drug-likeness (QED) is 0.365. The number of ether oxygens (including phenoxy) is 2. The second-order valence-electron chi connectivity index (χ2n) is 3.79. The predicted octanol–water partition coefficient (Wildman–Crippen LogP) is 2.33. The summed E-state index contributed by atoms with van der Waals surface area (Å²) in [6.45, 7) is 0.542. The van der Waals surface area contributed by atoms with Crippen LogP contribution in [0.25, 0.3) is 0 Å². The molecule has 0 spiro atoms. The number of nitrogens with zero attached hydrogens (tertiary/aromatic N) is 1. The fourth-order valence-electron chi connectivity index (χ4n) is 1.64. The van der Waals surface area contributed by atoms with Gasteiger partial charge in [0, 0.05) is 18.7 Å². The lowest BCUT2D eigenvalue weighted by molar-refractivity contribution is -0.384. The molecule has 1 aromatic carbocycles. The monoisotopic (exact) mass is 271 g/mol. The number of benzene rings is 1. The number of halogens is 1. The fourth-order valence-corrected chi connectivity index (χ4v) is 1.88. The van der Waals surface area contributed by atoms with Gasteiger partial charge in [-0.1, -0.05) is 11.6 Å². The normalized spacial score (nSPS) is 18.6. The van der Waals surface area contributed by atoms with Crippen molar-refractivity contribution < 1.29 is 19.2 Å². The summed E-state index contributed by atoms with van der Waals surface area (Å²) in [7, 11) is 0. The summed E-state index contributed by atoms with van der Waals surface area (Å²) in [6, 6.07) is 3.77. The first-order valence-corrected chi connectivity index (χ1v) is 5.73. The highest BCUT2D eigenvalue weighted by atomic mass is 35.5. The van der Waals surface area contributed by atoms with Crippen LogP contribution in [0.3, 0.4) is 0 Å². The van der Waals surface area contributed by atoms with Gasteiger partial charge < -0.3 is 9.47 Å². The zero-order valence-corrected chi connectivity index (χ0v) is 10.1. The molecule has 1 fully saturated rings. The Morgan fingerprint density at radius 1 is 1.56 bits per heavy atom. The minimum atomic E-state index is -0.603. The summed E-state index contributed by atoms with van der Waals surface area (Å²) in [5.41, 5.74) is -0.228. The fraction of sp³-hybridized carbons (Fsp3) is 0.364. The Bertz CT molecular complexity index is 484. The van der Waals surface area contributed by atoms with Crippen LogP contribution in [0.2, 0.25) is 5.02 Å². The third-order valence-corrected chi connectivity index (χ3v) is 2.83. The van der Waals surface area contributed by atoms with Gasteiger partial charge in [0.05, 0.1) is 4.92 Å². The Morgan fingerprint density at radius 2 is 2.33 bits per heavy atom. The summed E-state index contributed by atoms with van der Waals surface area (Å²) in [5, 5.41) is 10.5. The van der Waals surface area contributed by atoms with Gasteiger partial charge in [0.15, 0.2) is 6.10 Å². The number of esters is 1. The molecule has 0 N–H and O–H groups in total. The molecule has 18 heavy (non-hydrogen) atoms. The van der Waals surface area contributed by atoms with Crippen molar-refractivity contribution in [2.24, 2.45) is 0 Å². The van der Waals surface area contributed by atoms with Crippen LogP contribution in [0, 0.1) is 10.1 Å². The molecule has 1 saturated heterocycles. The van der Waals surface area contributed by atoms with E-state index in [0.717, 1.165) is 6.42 Å². The van der Waals surface area contributed by atoms with E-state index in [9.17, 15) is 14.9 Å². The van der Waals surface area contributed by atoms with Gasteiger partial charge in [-0.05, 0) is 18.9 Å². The Labute approximate surface area is 108 Å². The van der Waals surface area contributed by atoms with Crippen LogP contribution in [0.1, 0.15) is 12.8 Å². The first-order chi connectivity index (χ1) is 8.58. The summed E-state index contributed by atoms with van der Waals surface area (Å²) < 4.78 is 10.2. The predicted molar refractivity (Wildman–Crippen MR) is 62.7 cm³/mol. The van der Waals surface area contributed by atoms with E-state index in [2.05, 4.69) is 0 Å². The van der Waals surface area contributed by atoms with E-state index in [0.29, 0.717) is 13.0 Å². The average molecular weight is 272 g/mol. The van der Waals surface area contributed by atoms with Gasteiger partial charge in [-0.3, -0.25) is 10.1 Å². The van der Waals surface area contributed by atoms with Gasteiger partial charge in [0.1, 0.15) is 10.8 Å². The molecule has 1 aliphatic heterocycles. The van der Waals surface area contributed by atoms with E-state index in [-0.39, 0.29) is 16.5 Å². The van der Waals surface area contributed by atoms with Crippen LogP contribution in [0.15, 0.2) is 18.2 Å². The van der Waals surface area contributed by atoms with E-state index >= 15 is 0 Å². The van der Waals surface area contributed by atoms with Crippen molar-refractivity contribution in [2.45, 2.75) is 18.9 Å². The number of carbonyl (C=O) groups is 1. The van der Waals surface area contributed by atoms with Gasteiger partial charge in [-0.15, -0.1) is 0 Å². The molecule has 1 aromatic rings. The largest absolute Gasteiger partial charge is 0.425 e. The molecule has 1 aliphatic rings. The molecular weight excluding hydrogens is 262 g/mol. The number of carbonyl (C=O) groups excluding carboxylic acids is 1. The molecule has 0 aliphatic carbocycles. The Morgan fingerprint density at radius 3 is 2.89 bits per heavy atom. The molecule has 0 radical (unpaired) electrons. The lowest BCUT2D eigenvalue weighted by Gasteiger charge is -2.09. The zero-order valence-electron chi connectivity index (χ0n) is 9.30. The van der Waals surface area contributed by atoms with Crippen LogP contribution >= 0.6 is 11.6 Å². The molecule has 0 saturated carbocycles. The molecule has 0 bridgehead atoms. The Balaban J connectivity index is 2.07. The zero-order chi connectivity index (χ0) is 13.1. The molecule has 0 amide bonds. The van der Waals surface area contributed by atoms with Crippen LogP contribution in [0.5, 0.6) is 5.75 Å². The van der Waals surface area contributed by atoms with E-state index in [1.54, 1.807) is 0 Å². The summed E-state index contributed by atoms with van der Waals surface area (Å²) in [6.07, 6.45) is 0.888. The lowest BCUT2D eigenvalue weighted by atomic mass is 10.2. The number of nitro benzene ring substituents is 1. The van der Waals surface area contributed by atoms with Gasteiger partial charge in [0.25, 0.3) is 5.69 Å². The summed E-state index contributed by atoms with van der Waals surface area (Å²) >= 11 is 5.70. The molecule has 2 rings (SSSR count). The van der Waals surface area contributed by atoms with Crippen LogP contribution in [-0.4, -0.2) is 23.6 Å². The third kappa shape index (κ3) is 2.77. The van der Waals surface area contributed by atoms with Gasteiger partial charge in [-0.2, -0.15) is 0 Å². The highest BCUT2D eigenvalue weighted by Crippen LogP contribution is 2.28. The second kappa shape index (κ2) is 5.32. The lowest BCUT2D eigenvalue weighted by Crippen LogP contribution is -2.24. The van der Waals surface area contributed by atoms with Crippen molar-refractivity contribution in [1.29, 1.82) is 0 Å². The van der Waals surface area contributed by atoms with Crippen LogP contribution in [0.4, 0.5) is 5.69 Å². The molecular formula is C11H10ClNO5. The topological polar surface area (TPSA) is 78.7 Å². The number of hydrogen-bond acceptors (Lipinski definition) is 5. The standard InChI is InChI=1S/C11H10ClNO5/c12-8-6-7(3-4-9(8)13(15)16)18-11(14)10-2-1-5-17-10/h3-4,6,10H,1-2,5H2. The van der Waals surface area contributed by atoms with E-state index < -0.39 is 17.0 Å².